The first-order valence-electron chi connectivity index (χ1n) is 4.84. The molecule has 0 atom stereocenters. The third-order valence-electron chi connectivity index (χ3n) is 1.93. The Bertz CT molecular complexity index is 438. The molecule has 1 amide bonds. The summed E-state index contributed by atoms with van der Waals surface area (Å²) in [4.78, 5) is 22.9. The molecule has 0 saturated heterocycles. The minimum atomic E-state index is -0.621. The average molecular weight is 241 g/mol. The lowest BCUT2D eigenvalue weighted by molar-refractivity contribution is 0.100. The van der Waals surface area contributed by atoms with Crippen molar-refractivity contribution in [3.05, 3.63) is 10.4 Å². The fourth-order valence-electron chi connectivity index (χ4n) is 1.31. The highest BCUT2D eigenvalue weighted by Gasteiger charge is 2.22. The van der Waals surface area contributed by atoms with Crippen LogP contribution in [-0.2, 0) is 0 Å². The fraction of sp³-hybridized carbons (Fsp3) is 0.400. The second kappa shape index (κ2) is 4.52. The summed E-state index contributed by atoms with van der Waals surface area (Å²) in [6, 6.07) is 0.135. The quantitative estimate of drug-likeness (QED) is 0.695. The van der Waals surface area contributed by atoms with Crippen LogP contribution in [0.15, 0.2) is 0 Å². The molecule has 0 spiro atoms. The Hall–Kier alpha value is -1.56. The van der Waals surface area contributed by atoms with Crippen LogP contribution in [0.5, 0.6) is 0 Å². The Morgan fingerprint density at radius 3 is 2.31 bits per heavy atom. The van der Waals surface area contributed by atoms with Gasteiger partial charge in [0.2, 0.25) is 0 Å². The summed E-state index contributed by atoms with van der Waals surface area (Å²) >= 11 is 1.16. The van der Waals surface area contributed by atoms with E-state index in [9.17, 15) is 9.59 Å². The minimum absolute atomic E-state index is 0.135. The van der Waals surface area contributed by atoms with Crippen molar-refractivity contribution in [2.24, 2.45) is 5.73 Å². The number of amides is 1. The van der Waals surface area contributed by atoms with Gasteiger partial charge in [0.05, 0.1) is 16.1 Å². The van der Waals surface area contributed by atoms with Crippen molar-refractivity contribution in [2.75, 3.05) is 11.1 Å². The van der Waals surface area contributed by atoms with Crippen LogP contribution in [0.2, 0.25) is 0 Å². The molecular formula is C10H15N3O2S. The second-order valence-electron chi connectivity index (χ2n) is 3.77. The van der Waals surface area contributed by atoms with Crippen LogP contribution in [0, 0.1) is 0 Å². The fourth-order valence-corrected chi connectivity index (χ4v) is 2.48. The van der Waals surface area contributed by atoms with Crippen molar-refractivity contribution in [3.63, 3.8) is 0 Å². The molecule has 5 N–H and O–H groups in total. The maximum absolute atomic E-state index is 11.3. The van der Waals surface area contributed by atoms with E-state index in [0.29, 0.717) is 9.88 Å². The number of rotatable bonds is 4. The van der Waals surface area contributed by atoms with Gasteiger partial charge in [-0.2, -0.15) is 0 Å². The molecule has 88 valence electrons. The lowest BCUT2D eigenvalue weighted by atomic mass is 10.2. The molecule has 0 radical (unpaired) electrons. The number of nitrogens with two attached hydrogens (primary N) is 2. The SMILES string of the molecule is CC(=O)c1sc(NC(C)C)c(C(N)=O)c1N. The summed E-state index contributed by atoms with van der Waals surface area (Å²) in [6.07, 6.45) is 0. The molecule has 0 unspecified atom stereocenters. The summed E-state index contributed by atoms with van der Waals surface area (Å²) in [5.74, 6) is -0.786. The molecular weight excluding hydrogens is 226 g/mol. The van der Waals surface area contributed by atoms with Crippen molar-refractivity contribution in [1.29, 1.82) is 0 Å². The van der Waals surface area contributed by atoms with Gasteiger partial charge in [-0.1, -0.05) is 0 Å². The van der Waals surface area contributed by atoms with Gasteiger partial charge in [-0.15, -0.1) is 11.3 Å². The lowest BCUT2D eigenvalue weighted by Crippen LogP contribution is -2.17. The maximum atomic E-state index is 11.3. The van der Waals surface area contributed by atoms with Gasteiger partial charge < -0.3 is 16.8 Å². The van der Waals surface area contributed by atoms with Crippen LogP contribution in [0.4, 0.5) is 10.7 Å². The number of primary amides is 1. The standard InChI is InChI=1S/C10H15N3O2S/c1-4(2)13-10-6(9(12)15)7(11)8(16-10)5(3)14/h4,13H,11H2,1-3H3,(H2,12,15). The lowest BCUT2D eigenvalue weighted by Gasteiger charge is -2.08. The molecule has 5 nitrogen and oxygen atoms in total. The highest BCUT2D eigenvalue weighted by atomic mass is 32.1. The number of carbonyl (C=O) groups excluding carboxylic acids is 2. The molecule has 0 fully saturated rings. The topological polar surface area (TPSA) is 98.2 Å². The Kier molecular flexibility index (Phi) is 3.54. The van der Waals surface area contributed by atoms with E-state index in [4.69, 9.17) is 11.5 Å². The smallest absolute Gasteiger partial charge is 0.253 e. The monoisotopic (exact) mass is 241 g/mol. The van der Waals surface area contributed by atoms with Gasteiger partial charge in [0, 0.05) is 13.0 Å². The Balaban J connectivity index is 3.31. The Morgan fingerprint density at radius 1 is 1.38 bits per heavy atom. The molecule has 0 aliphatic rings. The van der Waals surface area contributed by atoms with Crippen LogP contribution in [0.25, 0.3) is 0 Å². The summed E-state index contributed by atoms with van der Waals surface area (Å²) < 4.78 is 0. The molecule has 1 aromatic rings. The number of anilines is 2. The van der Waals surface area contributed by atoms with E-state index in [2.05, 4.69) is 5.32 Å². The molecule has 1 aromatic heterocycles. The molecule has 0 aliphatic carbocycles. The summed E-state index contributed by atoms with van der Waals surface area (Å²) in [7, 11) is 0. The van der Waals surface area contributed by atoms with Crippen molar-refractivity contribution in [1.82, 2.24) is 0 Å². The number of Topliss-reactive ketones (excluding diaryl/α,β-unsaturated/α-hetero) is 1. The first-order valence-corrected chi connectivity index (χ1v) is 5.65. The van der Waals surface area contributed by atoms with Crippen LogP contribution in [0.1, 0.15) is 40.8 Å². The van der Waals surface area contributed by atoms with Crippen molar-refractivity contribution < 1.29 is 9.59 Å². The molecule has 0 aliphatic heterocycles. The van der Waals surface area contributed by atoms with E-state index in [1.807, 2.05) is 13.8 Å². The molecule has 0 aromatic carbocycles. The Labute approximate surface area is 97.8 Å². The van der Waals surface area contributed by atoms with Gasteiger partial charge >= 0.3 is 0 Å². The minimum Gasteiger partial charge on any atom is -0.397 e. The predicted molar refractivity (Wildman–Crippen MR) is 66.0 cm³/mol. The van der Waals surface area contributed by atoms with Gasteiger partial charge in [-0.25, -0.2) is 0 Å². The zero-order chi connectivity index (χ0) is 12.5. The molecule has 1 rings (SSSR count). The number of nitrogen functional groups attached to an aromatic ring is 1. The van der Waals surface area contributed by atoms with Gasteiger partial charge in [-0.3, -0.25) is 9.59 Å². The molecule has 16 heavy (non-hydrogen) atoms. The number of nitrogens with one attached hydrogen (secondary N) is 1. The zero-order valence-corrected chi connectivity index (χ0v) is 10.3. The highest BCUT2D eigenvalue weighted by molar-refractivity contribution is 7.19. The van der Waals surface area contributed by atoms with Crippen LogP contribution in [0.3, 0.4) is 0 Å². The van der Waals surface area contributed by atoms with Crippen molar-refractivity contribution >= 4 is 33.7 Å². The van der Waals surface area contributed by atoms with Crippen molar-refractivity contribution in [3.8, 4) is 0 Å². The first-order chi connectivity index (χ1) is 7.34. The van der Waals surface area contributed by atoms with Gasteiger partial charge in [0.1, 0.15) is 5.00 Å². The highest BCUT2D eigenvalue weighted by Crippen LogP contribution is 2.36. The van der Waals surface area contributed by atoms with E-state index in [1.54, 1.807) is 0 Å². The number of carbonyl (C=O) groups is 2. The van der Waals surface area contributed by atoms with E-state index >= 15 is 0 Å². The van der Waals surface area contributed by atoms with E-state index in [1.165, 1.54) is 6.92 Å². The van der Waals surface area contributed by atoms with Gasteiger partial charge in [-0.05, 0) is 13.8 Å². The molecule has 0 bridgehead atoms. The maximum Gasteiger partial charge on any atom is 0.253 e. The number of ketones is 1. The molecule has 6 heteroatoms. The van der Waals surface area contributed by atoms with Crippen LogP contribution < -0.4 is 16.8 Å². The predicted octanol–water partition coefficient (Wildman–Crippen LogP) is 1.45. The van der Waals surface area contributed by atoms with Crippen molar-refractivity contribution in [2.45, 2.75) is 26.8 Å². The zero-order valence-electron chi connectivity index (χ0n) is 9.46. The van der Waals surface area contributed by atoms with Gasteiger partial charge in [0.25, 0.3) is 5.91 Å². The summed E-state index contributed by atoms with van der Waals surface area (Å²) in [5.41, 5.74) is 11.4. The average Bonchev–Trinajstić information content (AvgIpc) is 2.41. The number of thiophene rings is 1. The van der Waals surface area contributed by atoms with E-state index in [0.717, 1.165) is 11.3 Å². The second-order valence-corrected chi connectivity index (χ2v) is 4.79. The summed E-state index contributed by atoms with van der Waals surface area (Å²) in [5, 5.41) is 3.62. The Morgan fingerprint density at radius 2 is 1.94 bits per heavy atom. The van der Waals surface area contributed by atoms with E-state index in [-0.39, 0.29) is 23.1 Å². The first kappa shape index (κ1) is 12.5. The number of hydrogen-bond donors (Lipinski definition) is 3. The summed E-state index contributed by atoms with van der Waals surface area (Å²) in [6.45, 7) is 5.26. The number of hydrogen-bond acceptors (Lipinski definition) is 5. The molecule has 0 saturated carbocycles. The third-order valence-corrected chi connectivity index (χ3v) is 3.17. The van der Waals surface area contributed by atoms with E-state index < -0.39 is 5.91 Å². The van der Waals surface area contributed by atoms with Gasteiger partial charge in [0.15, 0.2) is 5.78 Å². The third kappa shape index (κ3) is 2.33. The van der Waals surface area contributed by atoms with Crippen LogP contribution >= 0.6 is 11.3 Å². The largest absolute Gasteiger partial charge is 0.397 e. The molecule has 1 heterocycles. The normalized spacial score (nSPS) is 10.5. The van der Waals surface area contributed by atoms with Crippen LogP contribution in [-0.4, -0.2) is 17.7 Å².